The third kappa shape index (κ3) is 3.79. The minimum Gasteiger partial charge on any atom is -0.483 e. The van der Waals surface area contributed by atoms with E-state index in [1.54, 1.807) is 0 Å². The van der Waals surface area contributed by atoms with E-state index in [2.05, 4.69) is 25.3 Å². The van der Waals surface area contributed by atoms with Crippen LogP contribution in [0.2, 0.25) is 0 Å². The molecule has 1 aliphatic rings. The van der Waals surface area contributed by atoms with Crippen molar-refractivity contribution in [3.05, 3.63) is 12.3 Å². The largest absolute Gasteiger partial charge is 0.483 e. The van der Waals surface area contributed by atoms with Crippen molar-refractivity contribution in [1.82, 2.24) is 4.90 Å². The van der Waals surface area contributed by atoms with Crippen LogP contribution in [0.1, 0.15) is 13.8 Å². The summed E-state index contributed by atoms with van der Waals surface area (Å²) in [6, 6.07) is 0. The van der Waals surface area contributed by atoms with E-state index in [0.29, 0.717) is 12.6 Å². The van der Waals surface area contributed by atoms with Gasteiger partial charge in [0.2, 0.25) is 0 Å². The van der Waals surface area contributed by atoms with Gasteiger partial charge in [0.1, 0.15) is 6.73 Å². The number of nitrogens with zero attached hydrogens (tertiary/aromatic N) is 1. The number of hydrogen-bond donors (Lipinski definition) is 0. The summed E-state index contributed by atoms with van der Waals surface area (Å²) in [4.78, 5) is 2.23. The molecule has 0 spiro atoms. The van der Waals surface area contributed by atoms with E-state index < -0.39 is 0 Å². The van der Waals surface area contributed by atoms with Crippen LogP contribution in [0.5, 0.6) is 0 Å². The first-order chi connectivity index (χ1) is 6.20. The van der Waals surface area contributed by atoms with Crippen molar-refractivity contribution in [3.8, 4) is 0 Å². The quantitative estimate of drug-likeness (QED) is 0.619. The highest BCUT2D eigenvalue weighted by Crippen LogP contribution is 2.09. The second-order valence-electron chi connectivity index (χ2n) is 3.62. The molecule has 1 rings (SSSR count). The minimum absolute atomic E-state index is 0.404. The van der Waals surface area contributed by atoms with E-state index in [9.17, 15) is 0 Å². The van der Waals surface area contributed by atoms with E-state index in [1.807, 2.05) is 0 Å². The van der Waals surface area contributed by atoms with E-state index >= 15 is 0 Å². The molecule has 0 radical (unpaired) electrons. The summed E-state index contributed by atoms with van der Waals surface area (Å²) >= 11 is 0. The second-order valence-corrected chi connectivity index (χ2v) is 3.62. The fourth-order valence-corrected chi connectivity index (χ4v) is 1.07. The number of rotatable bonds is 4. The van der Waals surface area contributed by atoms with Crippen molar-refractivity contribution in [2.75, 3.05) is 33.0 Å². The van der Waals surface area contributed by atoms with Gasteiger partial charge in [-0.25, -0.2) is 0 Å². The van der Waals surface area contributed by atoms with Gasteiger partial charge in [0.15, 0.2) is 0 Å². The summed E-state index contributed by atoms with van der Waals surface area (Å²) in [5, 5.41) is 0. The lowest BCUT2D eigenvalue weighted by atomic mass is 10.2. The number of allylic oxidation sites excluding steroid dienone is 1. The average Bonchev–Trinajstić information content (AvgIpc) is 2.15. The zero-order valence-electron chi connectivity index (χ0n) is 8.58. The predicted molar refractivity (Wildman–Crippen MR) is 52.3 cm³/mol. The van der Waals surface area contributed by atoms with Gasteiger partial charge in [-0.2, -0.15) is 0 Å². The Balaban J connectivity index is 2.13. The molecule has 0 amide bonds. The van der Waals surface area contributed by atoms with Crippen LogP contribution in [0.3, 0.4) is 0 Å². The minimum atomic E-state index is 0.404. The molecule has 0 aromatic heterocycles. The molecule has 1 fully saturated rings. The predicted octanol–water partition coefficient (Wildman–Crippen LogP) is 1.46. The Morgan fingerprint density at radius 1 is 1.46 bits per heavy atom. The van der Waals surface area contributed by atoms with Crippen molar-refractivity contribution < 1.29 is 9.47 Å². The lowest BCUT2D eigenvalue weighted by molar-refractivity contribution is -0.0174. The van der Waals surface area contributed by atoms with Gasteiger partial charge in [-0.1, -0.05) is 20.4 Å². The lowest BCUT2D eigenvalue weighted by Crippen LogP contribution is -2.37. The van der Waals surface area contributed by atoms with Gasteiger partial charge in [0.05, 0.1) is 19.0 Å². The summed E-state index contributed by atoms with van der Waals surface area (Å²) in [5.74, 6) is 1.27. The van der Waals surface area contributed by atoms with Crippen molar-refractivity contribution in [2.24, 2.45) is 5.92 Å². The van der Waals surface area contributed by atoms with Gasteiger partial charge < -0.3 is 9.47 Å². The van der Waals surface area contributed by atoms with Gasteiger partial charge in [0, 0.05) is 19.0 Å². The molecule has 76 valence electrons. The van der Waals surface area contributed by atoms with Crippen LogP contribution in [0.25, 0.3) is 0 Å². The van der Waals surface area contributed by atoms with Crippen LogP contribution in [0.4, 0.5) is 0 Å². The topological polar surface area (TPSA) is 21.7 Å². The van der Waals surface area contributed by atoms with Gasteiger partial charge in [-0.3, -0.25) is 4.90 Å². The Hall–Kier alpha value is -0.540. The van der Waals surface area contributed by atoms with Gasteiger partial charge in [0.25, 0.3) is 0 Å². The van der Waals surface area contributed by atoms with Gasteiger partial charge in [-0.05, 0) is 0 Å². The molecule has 13 heavy (non-hydrogen) atoms. The molecule has 1 saturated heterocycles. The van der Waals surface area contributed by atoms with Crippen LogP contribution in [-0.2, 0) is 9.47 Å². The SMILES string of the molecule is C=C(OCN1CCOCC1)C(C)C. The number of ether oxygens (including phenoxy) is 2. The Bertz CT molecular complexity index is 162. The maximum Gasteiger partial charge on any atom is 0.141 e. The molecular weight excluding hydrogens is 166 g/mol. The molecule has 0 unspecified atom stereocenters. The molecule has 0 atom stereocenters. The highest BCUT2D eigenvalue weighted by Gasteiger charge is 2.11. The number of hydrogen-bond acceptors (Lipinski definition) is 3. The zero-order chi connectivity index (χ0) is 9.68. The maximum absolute atomic E-state index is 5.52. The Morgan fingerprint density at radius 2 is 2.08 bits per heavy atom. The Kier molecular flexibility index (Phi) is 4.25. The van der Waals surface area contributed by atoms with Crippen molar-refractivity contribution in [3.63, 3.8) is 0 Å². The molecule has 0 aromatic carbocycles. The van der Waals surface area contributed by atoms with Crippen LogP contribution < -0.4 is 0 Å². The molecule has 1 heterocycles. The van der Waals surface area contributed by atoms with Crippen LogP contribution in [-0.4, -0.2) is 37.9 Å². The summed E-state index contributed by atoms with van der Waals surface area (Å²) < 4.78 is 10.8. The molecular formula is C10H19NO2. The summed E-state index contributed by atoms with van der Waals surface area (Å²) in [6.45, 7) is 12.2. The molecule has 0 aliphatic carbocycles. The first-order valence-corrected chi connectivity index (χ1v) is 4.82. The van der Waals surface area contributed by atoms with Crippen LogP contribution in [0, 0.1) is 5.92 Å². The lowest BCUT2D eigenvalue weighted by Gasteiger charge is -2.27. The molecule has 0 saturated carbocycles. The fraction of sp³-hybridized carbons (Fsp3) is 0.800. The normalized spacial score (nSPS) is 19.0. The molecule has 3 heteroatoms. The van der Waals surface area contributed by atoms with E-state index in [0.717, 1.165) is 32.1 Å². The highest BCUT2D eigenvalue weighted by molar-refractivity contribution is 4.85. The van der Waals surface area contributed by atoms with Crippen molar-refractivity contribution >= 4 is 0 Å². The fourth-order valence-electron chi connectivity index (χ4n) is 1.07. The standard InChI is InChI=1S/C10H19NO2/c1-9(2)10(3)13-8-11-4-6-12-7-5-11/h9H,3-8H2,1-2H3. The molecule has 0 bridgehead atoms. The van der Waals surface area contributed by atoms with E-state index in [4.69, 9.17) is 9.47 Å². The molecule has 0 N–H and O–H groups in total. The molecule has 3 nitrogen and oxygen atoms in total. The first-order valence-electron chi connectivity index (χ1n) is 4.82. The van der Waals surface area contributed by atoms with Crippen LogP contribution in [0.15, 0.2) is 12.3 Å². The maximum atomic E-state index is 5.52. The Morgan fingerprint density at radius 3 is 2.62 bits per heavy atom. The summed E-state index contributed by atoms with van der Waals surface area (Å²) in [6.07, 6.45) is 0. The smallest absolute Gasteiger partial charge is 0.141 e. The third-order valence-electron chi connectivity index (χ3n) is 2.18. The van der Waals surface area contributed by atoms with Gasteiger partial charge in [-0.15, -0.1) is 0 Å². The Labute approximate surface area is 80.3 Å². The van der Waals surface area contributed by atoms with Crippen molar-refractivity contribution in [1.29, 1.82) is 0 Å². The third-order valence-corrected chi connectivity index (χ3v) is 2.18. The molecule has 0 aromatic rings. The summed E-state index contributed by atoms with van der Waals surface area (Å²) in [7, 11) is 0. The number of morpholine rings is 1. The second kappa shape index (κ2) is 5.25. The van der Waals surface area contributed by atoms with Crippen molar-refractivity contribution in [2.45, 2.75) is 13.8 Å². The van der Waals surface area contributed by atoms with Crippen LogP contribution >= 0.6 is 0 Å². The van der Waals surface area contributed by atoms with Gasteiger partial charge >= 0.3 is 0 Å². The van der Waals surface area contributed by atoms with E-state index in [1.165, 1.54) is 0 Å². The zero-order valence-corrected chi connectivity index (χ0v) is 8.58. The monoisotopic (exact) mass is 185 g/mol. The average molecular weight is 185 g/mol. The highest BCUT2D eigenvalue weighted by atomic mass is 16.5. The first kappa shape index (κ1) is 10.5. The molecule has 1 aliphatic heterocycles. The summed E-state index contributed by atoms with van der Waals surface area (Å²) in [5.41, 5.74) is 0. The van der Waals surface area contributed by atoms with E-state index in [-0.39, 0.29) is 0 Å².